The maximum Gasteiger partial charge on any atom is 0.441 e. The predicted octanol–water partition coefficient (Wildman–Crippen LogP) is 1.95. The molecule has 0 radical (unpaired) electrons. The minimum absolute atomic E-state index is 0.510. The molecule has 1 aromatic carbocycles. The van der Waals surface area contributed by atoms with Crippen molar-refractivity contribution >= 4 is 13.4 Å². The Bertz CT molecular complexity index is 250. The summed E-state index contributed by atoms with van der Waals surface area (Å²) >= 11 is 0. The Morgan fingerprint density at radius 2 is 2.09 bits per heavy atom. The molecule has 0 unspecified atom stereocenters. The van der Waals surface area contributed by atoms with Crippen LogP contribution in [0.1, 0.15) is 11.1 Å². The predicted molar refractivity (Wildman–Crippen MR) is 47.8 cm³/mol. The van der Waals surface area contributed by atoms with Crippen molar-refractivity contribution in [1.29, 1.82) is 0 Å². The van der Waals surface area contributed by atoms with E-state index in [1.807, 2.05) is 32.0 Å². The van der Waals surface area contributed by atoms with Crippen LogP contribution >= 0.6 is 0 Å². The van der Waals surface area contributed by atoms with Crippen LogP contribution in [0.2, 0.25) is 0 Å². The van der Waals surface area contributed by atoms with Gasteiger partial charge in [-0.05, 0) is 25.5 Å². The molecule has 11 heavy (non-hydrogen) atoms. The molecule has 0 amide bonds. The number of anilines is 1. The number of nitrogens with one attached hydrogen (secondary N) is 1. The van der Waals surface area contributed by atoms with E-state index >= 15 is 0 Å². The SMILES string of the molecule is Cc1ccc(NBF)c(C)c1. The first-order valence-corrected chi connectivity index (χ1v) is 3.61. The summed E-state index contributed by atoms with van der Waals surface area (Å²) in [5.74, 6) is 0. The molecule has 1 nitrogen and oxygen atoms in total. The van der Waals surface area contributed by atoms with E-state index in [4.69, 9.17) is 0 Å². The summed E-state index contributed by atoms with van der Waals surface area (Å²) < 4.78 is 11.8. The second-order valence-corrected chi connectivity index (χ2v) is 2.63. The highest BCUT2D eigenvalue weighted by molar-refractivity contribution is 6.31. The first kappa shape index (κ1) is 8.11. The lowest BCUT2D eigenvalue weighted by molar-refractivity contribution is 0.875. The topological polar surface area (TPSA) is 12.0 Å². The van der Waals surface area contributed by atoms with Crippen LogP contribution in [0.4, 0.5) is 10.0 Å². The van der Waals surface area contributed by atoms with Crippen molar-refractivity contribution in [2.45, 2.75) is 13.8 Å². The summed E-state index contributed by atoms with van der Waals surface area (Å²) in [6.07, 6.45) is 0. The molecule has 0 saturated heterocycles. The lowest BCUT2D eigenvalue weighted by atomic mass is 10.1. The minimum Gasteiger partial charge on any atom is -0.403 e. The Kier molecular flexibility index (Phi) is 2.52. The summed E-state index contributed by atoms with van der Waals surface area (Å²) in [7, 11) is -0.510. The van der Waals surface area contributed by atoms with Crippen molar-refractivity contribution in [2.24, 2.45) is 0 Å². The van der Waals surface area contributed by atoms with Gasteiger partial charge in [0.15, 0.2) is 0 Å². The zero-order valence-corrected chi connectivity index (χ0v) is 6.82. The molecule has 0 fully saturated rings. The maximum absolute atomic E-state index is 11.8. The maximum atomic E-state index is 11.8. The Labute approximate surface area is 66.9 Å². The van der Waals surface area contributed by atoms with Crippen LogP contribution in [0.25, 0.3) is 0 Å². The highest BCUT2D eigenvalue weighted by Gasteiger charge is 1.96. The van der Waals surface area contributed by atoms with E-state index in [0.29, 0.717) is 0 Å². The Balaban J connectivity index is 2.90. The molecule has 1 aromatic rings. The van der Waals surface area contributed by atoms with E-state index in [1.54, 1.807) is 0 Å². The van der Waals surface area contributed by atoms with Crippen molar-refractivity contribution in [2.75, 3.05) is 5.23 Å². The van der Waals surface area contributed by atoms with Crippen LogP contribution in [0.3, 0.4) is 0 Å². The molecule has 1 N–H and O–H groups in total. The van der Waals surface area contributed by atoms with Gasteiger partial charge in [-0.3, -0.25) is 0 Å². The molecule has 0 aromatic heterocycles. The lowest BCUT2D eigenvalue weighted by Gasteiger charge is -2.05. The number of halogens is 1. The summed E-state index contributed by atoms with van der Waals surface area (Å²) in [4.78, 5) is 0. The van der Waals surface area contributed by atoms with Crippen LogP contribution < -0.4 is 5.23 Å². The minimum atomic E-state index is -0.510. The fraction of sp³-hybridized carbons (Fsp3) is 0.250. The van der Waals surface area contributed by atoms with Gasteiger partial charge >= 0.3 is 7.69 Å². The van der Waals surface area contributed by atoms with Crippen LogP contribution in [-0.4, -0.2) is 7.69 Å². The van der Waals surface area contributed by atoms with Gasteiger partial charge in [0.1, 0.15) is 0 Å². The molecule has 0 aliphatic carbocycles. The molecule has 0 aliphatic rings. The average molecular weight is 151 g/mol. The molecule has 0 bridgehead atoms. The fourth-order valence-corrected chi connectivity index (χ4v) is 1.08. The average Bonchev–Trinajstić information content (AvgIpc) is 1.95. The van der Waals surface area contributed by atoms with Crippen molar-refractivity contribution in [3.63, 3.8) is 0 Å². The molecule has 0 aliphatic heterocycles. The van der Waals surface area contributed by atoms with Gasteiger partial charge in [-0.1, -0.05) is 17.7 Å². The van der Waals surface area contributed by atoms with Gasteiger partial charge in [-0.2, -0.15) is 0 Å². The highest BCUT2D eigenvalue weighted by atomic mass is 19.1. The van der Waals surface area contributed by atoms with Gasteiger partial charge in [-0.15, -0.1) is 0 Å². The molecule has 0 spiro atoms. The van der Waals surface area contributed by atoms with Gasteiger partial charge in [0.25, 0.3) is 0 Å². The molecule has 0 atom stereocenters. The largest absolute Gasteiger partial charge is 0.441 e. The van der Waals surface area contributed by atoms with Crippen LogP contribution in [-0.2, 0) is 0 Å². The second-order valence-electron chi connectivity index (χ2n) is 2.63. The number of rotatable bonds is 2. The third-order valence-corrected chi connectivity index (χ3v) is 1.64. The van der Waals surface area contributed by atoms with E-state index in [-0.39, 0.29) is 0 Å². The normalized spacial score (nSPS) is 9.36. The standard InChI is InChI=1S/C8H11BFN/c1-6-3-4-8(11-9-10)7(2)5-6/h3-5,9,11H,1-2H3. The Hall–Kier alpha value is -0.985. The number of hydrogen-bond acceptors (Lipinski definition) is 1. The van der Waals surface area contributed by atoms with E-state index in [2.05, 4.69) is 5.23 Å². The van der Waals surface area contributed by atoms with Gasteiger partial charge in [0.2, 0.25) is 0 Å². The highest BCUT2D eigenvalue weighted by Crippen LogP contribution is 2.14. The Morgan fingerprint density at radius 3 is 2.64 bits per heavy atom. The zero-order chi connectivity index (χ0) is 8.27. The Morgan fingerprint density at radius 1 is 1.36 bits per heavy atom. The molecule has 1 rings (SSSR count). The van der Waals surface area contributed by atoms with Crippen LogP contribution in [0.5, 0.6) is 0 Å². The molecular weight excluding hydrogens is 140 g/mol. The molecule has 58 valence electrons. The second kappa shape index (κ2) is 3.42. The molecular formula is C8H11BFN. The molecule has 3 heteroatoms. The van der Waals surface area contributed by atoms with Crippen LogP contribution in [0.15, 0.2) is 18.2 Å². The van der Waals surface area contributed by atoms with E-state index in [9.17, 15) is 4.32 Å². The first-order valence-electron chi connectivity index (χ1n) is 3.61. The van der Waals surface area contributed by atoms with E-state index < -0.39 is 7.69 Å². The molecule has 0 saturated carbocycles. The van der Waals surface area contributed by atoms with Gasteiger partial charge in [0.05, 0.1) is 0 Å². The number of benzene rings is 1. The van der Waals surface area contributed by atoms with Crippen molar-refractivity contribution < 1.29 is 4.32 Å². The summed E-state index contributed by atoms with van der Waals surface area (Å²) in [5.41, 5.74) is 3.16. The summed E-state index contributed by atoms with van der Waals surface area (Å²) in [6.45, 7) is 3.98. The lowest BCUT2D eigenvalue weighted by Crippen LogP contribution is -2.01. The number of aryl methyl sites for hydroxylation is 2. The zero-order valence-electron chi connectivity index (χ0n) is 6.82. The van der Waals surface area contributed by atoms with Crippen molar-refractivity contribution in [3.8, 4) is 0 Å². The van der Waals surface area contributed by atoms with Crippen LogP contribution in [0, 0.1) is 13.8 Å². The van der Waals surface area contributed by atoms with Gasteiger partial charge in [-0.25, -0.2) is 0 Å². The third kappa shape index (κ3) is 1.97. The van der Waals surface area contributed by atoms with E-state index in [1.165, 1.54) is 5.56 Å². The van der Waals surface area contributed by atoms with Gasteiger partial charge in [0, 0.05) is 5.69 Å². The monoisotopic (exact) mass is 151 g/mol. The number of hydrogen-bond donors (Lipinski definition) is 1. The van der Waals surface area contributed by atoms with Gasteiger partial charge < -0.3 is 9.54 Å². The van der Waals surface area contributed by atoms with Crippen molar-refractivity contribution in [3.05, 3.63) is 29.3 Å². The van der Waals surface area contributed by atoms with Crippen molar-refractivity contribution in [1.82, 2.24) is 0 Å². The quantitative estimate of drug-likeness (QED) is 0.637. The molecule has 0 heterocycles. The fourth-order valence-electron chi connectivity index (χ4n) is 1.08. The smallest absolute Gasteiger partial charge is 0.403 e. The summed E-state index contributed by atoms with van der Waals surface area (Å²) in [5, 5.41) is 2.64. The van der Waals surface area contributed by atoms with E-state index in [0.717, 1.165) is 11.3 Å². The third-order valence-electron chi connectivity index (χ3n) is 1.64. The first-order chi connectivity index (χ1) is 5.24. The summed E-state index contributed by atoms with van der Waals surface area (Å²) in [6, 6.07) is 5.88.